The van der Waals surface area contributed by atoms with Crippen molar-refractivity contribution in [3.05, 3.63) is 0 Å². The SMILES string of the molecule is CC(C)(C)C1CCCCC1(O)S(=O)(=O)O. The predicted molar refractivity (Wildman–Crippen MR) is 57.9 cm³/mol. The average molecular weight is 236 g/mol. The molecular weight excluding hydrogens is 216 g/mol. The van der Waals surface area contributed by atoms with E-state index in [0.29, 0.717) is 12.8 Å². The molecule has 2 N–H and O–H groups in total. The Hall–Kier alpha value is -0.130. The van der Waals surface area contributed by atoms with Gasteiger partial charge < -0.3 is 5.11 Å². The zero-order valence-electron chi connectivity index (χ0n) is 9.52. The summed E-state index contributed by atoms with van der Waals surface area (Å²) >= 11 is 0. The van der Waals surface area contributed by atoms with Crippen molar-refractivity contribution in [1.82, 2.24) is 0 Å². The van der Waals surface area contributed by atoms with Crippen LogP contribution in [0.15, 0.2) is 0 Å². The smallest absolute Gasteiger partial charge is 0.295 e. The quantitative estimate of drug-likeness (QED) is 0.681. The zero-order chi connectivity index (χ0) is 11.9. The van der Waals surface area contributed by atoms with Gasteiger partial charge in [0.15, 0.2) is 4.93 Å². The molecule has 1 saturated carbocycles. The van der Waals surface area contributed by atoms with E-state index in [1.54, 1.807) is 0 Å². The van der Waals surface area contributed by atoms with Crippen LogP contribution in [0.2, 0.25) is 0 Å². The third-order valence-corrected chi connectivity index (χ3v) is 4.70. The molecule has 1 fully saturated rings. The van der Waals surface area contributed by atoms with Crippen LogP contribution >= 0.6 is 0 Å². The van der Waals surface area contributed by atoms with Crippen LogP contribution < -0.4 is 0 Å². The van der Waals surface area contributed by atoms with E-state index >= 15 is 0 Å². The topological polar surface area (TPSA) is 74.6 Å². The van der Waals surface area contributed by atoms with Gasteiger partial charge in [-0.1, -0.05) is 27.2 Å². The first-order chi connectivity index (χ1) is 6.59. The lowest BCUT2D eigenvalue weighted by Crippen LogP contribution is -2.52. The maximum absolute atomic E-state index is 11.3. The van der Waals surface area contributed by atoms with Gasteiger partial charge in [-0.05, 0) is 24.7 Å². The van der Waals surface area contributed by atoms with Crippen LogP contribution in [0.4, 0.5) is 0 Å². The first-order valence-electron chi connectivity index (χ1n) is 5.28. The number of rotatable bonds is 1. The highest BCUT2D eigenvalue weighted by atomic mass is 32.2. The van der Waals surface area contributed by atoms with E-state index in [1.807, 2.05) is 20.8 Å². The minimum atomic E-state index is -4.40. The fraction of sp³-hybridized carbons (Fsp3) is 1.00. The predicted octanol–water partition coefficient (Wildman–Crippen LogP) is 1.80. The summed E-state index contributed by atoms with van der Waals surface area (Å²) in [4.78, 5) is -1.95. The number of hydrogen-bond donors (Lipinski definition) is 2. The van der Waals surface area contributed by atoms with Gasteiger partial charge in [-0.3, -0.25) is 4.55 Å². The molecule has 0 heterocycles. The molecule has 0 aromatic heterocycles. The van der Waals surface area contributed by atoms with Gasteiger partial charge in [-0.25, -0.2) is 0 Å². The highest BCUT2D eigenvalue weighted by molar-refractivity contribution is 7.87. The van der Waals surface area contributed by atoms with Crippen molar-refractivity contribution in [3.63, 3.8) is 0 Å². The summed E-state index contributed by atoms with van der Waals surface area (Å²) in [5.74, 6) is -0.409. The molecule has 0 saturated heterocycles. The molecule has 0 aromatic rings. The molecule has 0 bridgehead atoms. The Morgan fingerprint density at radius 2 is 1.80 bits per heavy atom. The van der Waals surface area contributed by atoms with Crippen molar-refractivity contribution in [1.29, 1.82) is 0 Å². The van der Waals surface area contributed by atoms with Gasteiger partial charge in [0, 0.05) is 5.92 Å². The number of aliphatic hydroxyl groups is 1. The molecule has 0 aromatic carbocycles. The summed E-state index contributed by atoms with van der Waals surface area (Å²) in [5, 5.41) is 10.2. The molecule has 1 aliphatic rings. The minimum Gasteiger partial charge on any atom is -0.372 e. The molecule has 5 heteroatoms. The highest BCUT2D eigenvalue weighted by Gasteiger charge is 2.53. The monoisotopic (exact) mass is 236 g/mol. The zero-order valence-corrected chi connectivity index (χ0v) is 10.3. The van der Waals surface area contributed by atoms with E-state index in [2.05, 4.69) is 0 Å². The van der Waals surface area contributed by atoms with Crippen molar-refractivity contribution >= 4 is 10.1 Å². The van der Waals surface area contributed by atoms with E-state index in [-0.39, 0.29) is 11.8 Å². The second-order valence-electron chi connectivity index (χ2n) is 5.48. The minimum absolute atomic E-state index is 0.133. The van der Waals surface area contributed by atoms with Crippen LogP contribution in [0.25, 0.3) is 0 Å². The van der Waals surface area contributed by atoms with E-state index < -0.39 is 21.0 Å². The van der Waals surface area contributed by atoms with Crippen molar-refractivity contribution in [2.45, 2.75) is 51.4 Å². The largest absolute Gasteiger partial charge is 0.372 e. The van der Waals surface area contributed by atoms with Gasteiger partial charge in [0.25, 0.3) is 10.1 Å². The van der Waals surface area contributed by atoms with Crippen LogP contribution in [0.1, 0.15) is 46.5 Å². The molecule has 0 spiro atoms. The average Bonchev–Trinajstić information content (AvgIpc) is 2.00. The Morgan fingerprint density at radius 3 is 2.13 bits per heavy atom. The van der Waals surface area contributed by atoms with E-state index in [0.717, 1.165) is 6.42 Å². The second-order valence-corrected chi connectivity index (χ2v) is 7.14. The summed E-state index contributed by atoms with van der Waals surface area (Å²) in [6, 6.07) is 0. The van der Waals surface area contributed by atoms with E-state index in [9.17, 15) is 13.5 Å². The lowest BCUT2D eigenvalue weighted by Gasteiger charge is -2.44. The fourth-order valence-electron chi connectivity index (χ4n) is 2.54. The van der Waals surface area contributed by atoms with E-state index in [1.165, 1.54) is 0 Å². The number of hydrogen-bond acceptors (Lipinski definition) is 3. The van der Waals surface area contributed by atoms with Gasteiger partial charge in [0.05, 0.1) is 0 Å². The molecule has 4 nitrogen and oxygen atoms in total. The van der Waals surface area contributed by atoms with Gasteiger partial charge in [0.1, 0.15) is 0 Å². The van der Waals surface area contributed by atoms with Crippen LogP contribution in [0.5, 0.6) is 0 Å². The molecular formula is C10H20O4S. The molecule has 0 aliphatic heterocycles. The Kier molecular flexibility index (Phi) is 3.20. The molecule has 0 radical (unpaired) electrons. The first-order valence-corrected chi connectivity index (χ1v) is 6.72. The molecule has 90 valence electrons. The maximum Gasteiger partial charge on any atom is 0.295 e. The molecule has 15 heavy (non-hydrogen) atoms. The normalized spacial score (nSPS) is 34.1. The van der Waals surface area contributed by atoms with Crippen molar-refractivity contribution in [3.8, 4) is 0 Å². The summed E-state index contributed by atoms with van der Waals surface area (Å²) in [6.45, 7) is 5.66. The summed E-state index contributed by atoms with van der Waals surface area (Å²) in [7, 11) is -4.40. The summed E-state index contributed by atoms with van der Waals surface area (Å²) in [5.41, 5.74) is -0.328. The highest BCUT2D eigenvalue weighted by Crippen LogP contribution is 2.46. The van der Waals surface area contributed by atoms with Crippen molar-refractivity contribution in [2.75, 3.05) is 0 Å². The third kappa shape index (κ3) is 2.34. The van der Waals surface area contributed by atoms with Gasteiger partial charge >= 0.3 is 0 Å². The van der Waals surface area contributed by atoms with Crippen molar-refractivity contribution in [2.24, 2.45) is 11.3 Å². The van der Waals surface area contributed by atoms with Crippen LogP contribution in [-0.4, -0.2) is 23.0 Å². The third-order valence-electron chi connectivity index (χ3n) is 3.31. The van der Waals surface area contributed by atoms with Crippen molar-refractivity contribution < 1.29 is 18.1 Å². The Morgan fingerprint density at radius 1 is 1.27 bits per heavy atom. The maximum atomic E-state index is 11.3. The molecule has 2 unspecified atom stereocenters. The van der Waals surface area contributed by atoms with Crippen LogP contribution in [-0.2, 0) is 10.1 Å². The summed E-state index contributed by atoms with van der Waals surface area (Å²) < 4.78 is 31.7. The Labute approximate surface area is 91.4 Å². The summed E-state index contributed by atoms with van der Waals surface area (Å²) in [6.07, 6.45) is 2.32. The standard InChI is InChI=1S/C10H20O4S/c1-9(2,3)8-6-4-5-7-10(8,11)15(12,13)14/h8,11H,4-7H2,1-3H3,(H,12,13,14). The molecule has 0 amide bonds. The fourth-order valence-corrected chi connectivity index (χ4v) is 3.78. The van der Waals surface area contributed by atoms with Gasteiger partial charge in [-0.2, -0.15) is 8.42 Å². The molecule has 2 atom stereocenters. The van der Waals surface area contributed by atoms with Gasteiger partial charge in [0.2, 0.25) is 0 Å². The first kappa shape index (κ1) is 12.9. The van der Waals surface area contributed by atoms with E-state index in [4.69, 9.17) is 4.55 Å². The lowest BCUT2D eigenvalue weighted by atomic mass is 9.70. The van der Waals surface area contributed by atoms with Crippen LogP contribution in [0, 0.1) is 11.3 Å². The molecule has 1 aliphatic carbocycles. The Bertz CT molecular complexity index is 328. The van der Waals surface area contributed by atoms with Crippen LogP contribution in [0.3, 0.4) is 0 Å². The second kappa shape index (κ2) is 3.71. The molecule has 1 rings (SSSR count). The lowest BCUT2D eigenvalue weighted by molar-refractivity contribution is -0.0313. The Balaban J connectivity index is 3.14. The van der Waals surface area contributed by atoms with Gasteiger partial charge in [-0.15, -0.1) is 0 Å².